The molecule has 0 spiro atoms. The summed E-state index contributed by atoms with van der Waals surface area (Å²) in [7, 11) is 6.66. The minimum Gasteiger partial charge on any atom is -0.356 e. The highest BCUT2D eigenvalue weighted by Crippen LogP contribution is 2.47. The van der Waals surface area contributed by atoms with Crippen molar-refractivity contribution in [2.45, 2.75) is 37.8 Å². The van der Waals surface area contributed by atoms with E-state index in [1.807, 2.05) is 24.5 Å². The van der Waals surface area contributed by atoms with Gasteiger partial charge >= 0.3 is 0 Å². The van der Waals surface area contributed by atoms with Gasteiger partial charge in [0.05, 0.1) is 5.52 Å². The number of nitrogens with zero attached hydrogens (tertiary/aromatic N) is 4. The first-order chi connectivity index (χ1) is 11.1. The molecule has 4 atom stereocenters. The Balaban J connectivity index is 1.54. The van der Waals surface area contributed by atoms with Gasteiger partial charge in [0.1, 0.15) is 5.82 Å². The van der Waals surface area contributed by atoms with Crippen LogP contribution in [0.25, 0.3) is 10.9 Å². The van der Waals surface area contributed by atoms with Crippen LogP contribution in [0.3, 0.4) is 0 Å². The summed E-state index contributed by atoms with van der Waals surface area (Å²) in [5.41, 5.74) is 1.04. The van der Waals surface area contributed by atoms with Crippen molar-refractivity contribution in [3.8, 4) is 0 Å². The number of anilines is 1. The Kier molecular flexibility index (Phi) is 3.72. The van der Waals surface area contributed by atoms with Gasteiger partial charge in [-0.15, -0.1) is 0 Å². The van der Waals surface area contributed by atoms with Crippen molar-refractivity contribution in [3.05, 3.63) is 30.6 Å². The molecule has 0 N–H and O–H groups in total. The molecule has 2 saturated carbocycles. The maximum Gasteiger partial charge on any atom is 0.137 e. The van der Waals surface area contributed by atoms with Gasteiger partial charge in [-0.1, -0.05) is 0 Å². The summed E-state index contributed by atoms with van der Waals surface area (Å²) in [6.07, 6.45) is 9.10. The fraction of sp³-hybridized carbons (Fsp3) is 0.579. The molecule has 2 aliphatic carbocycles. The van der Waals surface area contributed by atoms with Gasteiger partial charge in [0.2, 0.25) is 0 Å². The van der Waals surface area contributed by atoms with Crippen LogP contribution in [0.1, 0.15) is 25.7 Å². The molecule has 0 saturated heterocycles. The number of rotatable bonds is 3. The van der Waals surface area contributed by atoms with Crippen molar-refractivity contribution >= 4 is 16.7 Å². The lowest BCUT2D eigenvalue weighted by atomic mass is 10.0. The quantitative estimate of drug-likeness (QED) is 0.871. The number of aromatic nitrogens is 2. The van der Waals surface area contributed by atoms with E-state index in [-0.39, 0.29) is 0 Å². The van der Waals surface area contributed by atoms with Crippen LogP contribution in [0, 0.1) is 11.8 Å². The summed E-state index contributed by atoms with van der Waals surface area (Å²) in [6.45, 7) is 0. The second-order valence-electron chi connectivity index (χ2n) is 7.55. The second kappa shape index (κ2) is 5.75. The molecule has 122 valence electrons. The highest BCUT2D eigenvalue weighted by molar-refractivity contribution is 5.89. The molecule has 2 aromatic heterocycles. The molecule has 0 bridgehead atoms. The van der Waals surface area contributed by atoms with Crippen molar-refractivity contribution in [2.75, 3.05) is 26.0 Å². The summed E-state index contributed by atoms with van der Waals surface area (Å²) >= 11 is 0. The Bertz CT molecular complexity index is 679. The summed E-state index contributed by atoms with van der Waals surface area (Å²) < 4.78 is 0. The van der Waals surface area contributed by atoms with E-state index in [4.69, 9.17) is 0 Å². The fourth-order valence-electron chi connectivity index (χ4n) is 4.73. The van der Waals surface area contributed by atoms with Crippen LogP contribution >= 0.6 is 0 Å². The van der Waals surface area contributed by atoms with Gasteiger partial charge < -0.3 is 9.80 Å². The molecule has 2 aliphatic rings. The Morgan fingerprint density at radius 1 is 0.870 bits per heavy atom. The average molecular weight is 310 g/mol. The number of hydrogen-bond donors (Lipinski definition) is 0. The smallest absolute Gasteiger partial charge is 0.137 e. The number of pyridine rings is 2. The van der Waals surface area contributed by atoms with Crippen molar-refractivity contribution < 1.29 is 0 Å². The van der Waals surface area contributed by atoms with Crippen LogP contribution in [0.5, 0.6) is 0 Å². The third-order valence-corrected chi connectivity index (χ3v) is 6.09. The Morgan fingerprint density at radius 2 is 1.57 bits per heavy atom. The topological polar surface area (TPSA) is 32.3 Å². The van der Waals surface area contributed by atoms with Crippen LogP contribution in [0.4, 0.5) is 5.82 Å². The lowest BCUT2D eigenvalue weighted by molar-refractivity contribution is 0.281. The highest BCUT2D eigenvalue weighted by atomic mass is 15.2. The van der Waals surface area contributed by atoms with Crippen molar-refractivity contribution in [1.82, 2.24) is 14.9 Å². The van der Waals surface area contributed by atoms with E-state index in [0.717, 1.165) is 29.2 Å². The van der Waals surface area contributed by atoms with Gasteiger partial charge in [0, 0.05) is 36.9 Å². The molecule has 2 aromatic rings. The van der Waals surface area contributed by atoms with E-state index >= 15 is 0 Å². The van der Waals surface area contributed by atoms with Gasteiger partial charge in [-0.05, 0) is 69.8 Å². The predicted molar refractivity (Wildman–Crippen MR) is 94.7 cm³/mol. The maximum atomic E-state index is 4.67. The molecule has 0 amide bonds. The predicted octanol–water partition coefficient (Wildman–Crippen LogP) is 3.18. The van der Waals surface area contributed by atoms with Gasteiger partial charge in [-0.25, -0.2) is 4.98 Å². The average Bonchev–Trinajstić information content (AvgIpc) is 3.12. The van der Waals surface area contributed by atoms with Gasteiger partial charge in [-0.3, -0.25) is 4.98 Å². The summed E-state index contributed by atoms with van der Waals surface area (Å²) in [5.74, 6) is 2.87. The molecular weight excluding hydrogens is 284 g/mol. The Hall–Kier alpha value is -1.68. The third kappa shape index (κ3) is 2.59. The van der Waals surface area contributed by atoms with Crippen LogP contribution in [-0.4, -0.2) is 48.1 Å². The zero-order valence-corrected chi connectivity index (χ0v) is 14.3. The normalized spacial score (nSPS) is 30.1. The molecule has 0 aliphatic heterocycles. The molecule has 4 heteroatoms. The monoisotopic (exact) mass is 310 g/mol. The first kappa shape index (κ1) is 14.9. The number of hydrogen-bond acceptors (Lipinski definition) is 4. The van der Waals surface area contributed by atoms with Gasteiger partial charge in [0.15, 0.2) is 0 Å². The molecule has 2 fully saturated rings. The molecule has 23 heavy (non-hydrogen) atoms. The van der Waals surface area contributed by atoms with E-state index in [0.29, 0.717) is 6.04 Å². The second-order valence-corrected chi connectivity index (χ2v) is 7.55. The number of fused-ring (bicyclic) bond motifs is 2. The van der Waals surface area contributed by atoms with Crippen LogP contribution in [0.15, 0.2) is 30.6 Å². The summed E-state index contributed by atoms with van der Waals surface area (Å²) in [5, 5.41) is 1.17. The Labute approximate surface area is 138 Å². The minimum absolute atomic E-state index is 0.617. The summed E-state index contributed by atoms with van der Waals surface area (Å²) in [4.78, 5) is 14.0. The van der Waals surface area contributed by atoms with Gasteiger partial charge in [-0.2, -0.15) is 0 Å². The van der Waals surface area contributed by atoms with E-state index < -0.39 is 0 Å². The first-order valence-corrected chi connectivity index (χ1v) is 8.72. The molecule has 0 radical (unpaired) electrons. The van der Waals surface area contributed by atoms with E-state index in [1.54, 1.807) is 0 Å². The highest BCUT2D eigenvalue weighted by Gasteiger charge is 2.43. The molecule has 2 heterocycles. The van der Waals surface area contributed by atoms with Crippen molar-refractivity contribution in [1.29, 1.82) is 0 Å². The molecule has 4 nitrogen and oxygen atoms in total. The van der Waals surface area contributed by atoms with E-state index in [1.165, 1.54) is 31.1 Å². The van der Waals surface area contributed by atoms with Crippen LogP contribution < -0.4 is 4.90 Å². The lowest BCUT2D eigenvalue weighted by Crippen LogP contribution is -2.32. The largest absolute Gasteiger partial charge is 0.356 e. The molecular formula is C19H26N4. The minimum atomic E-state index is 0.617. The van der Waals surface area contributed by atoms with E-state index in [9.17, 15) is 0 Å². The molecule has 0 aromatic carbocycles. The Morgan fingerprint density at radius 3 is 2.26 bits per heavy atom. The SMILES string of the molecule is CN(C)C1C[C@@H]2CC(N(C)c3nccc4ncccc34)C[C@@H]2C1. The summed E-state index contributed by atoms with van der Waals surface area (Å²) in [6, 6.07) is 7.55. The zero-order valence-electron chi connectivity index (χ0n) is 14.3. The van der Waals surface area contributed by atoms with Crippen molar-refractivity contribution in [2.24, 2.45) is 11.8 Å². The molecule has 2 unspecified atom stereocenters. The van der Waals surface area contributed by atoms with Crippen molar-refractivity contribution in [3.63, 3.8) is 0 Å². The van der Waals surface area contributed by atoms with Crippen LogP contribution in [-0.2, 0) is 0 Å². The lowest BCUT2D eigenvalue weighted by Gasteiger charge is -2.28. The van der Waals surface area contributed by atoms with E-state index in [2.05, 4.69) is 47.0 Å². The standard InChI is InChI=1S/C19H26N4/c1-22(2)15-9-13-11-16(12-14(13)10-15)23(3)19-17-5-4-7-20-18(17)6-8-21-19/h4-8,13-16H,9-12H2,1-3H3/t13-,14+,15?,16?. The van der Waals surface area contributed by atoms with Gasteiger partial charge in [0.25, 0.3) is 0 Å². The van der Waals surface area contributed by atoms with Crippen LogP contribution in [0.2, 0.25) is 0 Å². The zero-order chi connectivity index (χ0) is 16.0. The maximum absolute atomic E-state index is 4.67. The molecule has 4 rings (SSSR count). The third-order valence-electron chi connectivity index (χ3n) is 6.09. The fourth-order valence-corrected chi connectivity index (χ4v) is 4.73. The first-order valence-electron chi connectivity index (χ1n) is 8.72.